The van der Waals surface area contributed by atoms with Crippen LogP contribution in [0.15, 0.2) is 0 Å². The first-order chi connectivity index (χ1) is 2.00. The standard InChI is InChI=1S/2ClH.6FH.Mo.H3O4P.2H2O/c;;;;;;;;;1-5(2,3)4;;/h8*1H;;(H3,1,2,3,4);2*1H2. The van der Waals surface area contributed by atoms with Gasteiger partial charge in [0.25, 0.3) is 0 Å². The fourth-order valence-electron chi connectivity index (χ4n) is 0. The van der Waals surface area contributed by atoms with Crippen molar-refractivity contribution in [2.75, 3.05) is 0 Å². The van der Waals surface area contributed by atoms with Crippen molar-refractivity contribution in [1.29, 1.82) is 0 Å². The monoisotopic (exact) mass is 424 g/mol. The molecule has 0 aromatic rings. The van der Waals surface area contributed by atoms with Crippen molar-refractivity contribution in [2.45, 2.75) is 0 Å². The summed E-state index contributed by atoms with van der Waals surface area (Å²) >= 11 is 0. The predicted molar refractivity (Wildman–Crippen MR) is 51.0 cm³/mol. The van der Waals surface area contributed by atoms with Crippen LogP contribution in [0.5, 0.6) is 0 Å². The van der Waals surface area contributed by atoms with Gasteiger partial charge < -0.3 is 25.6 Å². The first kappa shape index (κ1) is 179. The molecular formula is H15Cl2F6MoO6P. The van der Waals surface area contributed by atoms with Crippen molar-refractivity contribution in [3.05, 3.63) is 0 Å². The van der Waals surface area contributed by atoms with Gasteiger partial charge in [0.05, 0.1) is 0 Å². The summed E-state index contributed by atoms with van der Waals surface area (Å²) in [4.78, 5) is 21.6. The fourth-order valence-corrected chi connectivity index (χ4v) is 0. The van der Waals surface area contributed by atoms with E-state index in [-0.39, 0.29) is 85.1 Å². The second-order valence-electron chi connectivity index (χ2n) is 0.513. The van der Waals surface area contributed by atoms with Gasteiger partial charge in [-0.05, 0) is 0 Å². The van der Waals surface area contributed by atoms with Crippen LogP contribution in [-0.2, 0) is 25.6 Å². The van der Waals surface area contributed by atoms with Gasteiger partial charge in [-0.1, -0.05) is 0 Å². The third-order valence-electron chi connectivity index (χ3n) is 0. The van der Waals surface area contributed by atoms with Gasteiger partial charge in [-0.25, -0.2) is 4.57 Å². The Balaban J connectivity index is -0.00000000145. The molecule has 0 atom stereocenters. The Kier molecular flexibility index (Phi) is 830. The molecule has 0 fully saturated rings. The van der Waals surface area contributed by atoms with E-state index in [0.717, 1.165) is 0 Å². The summed E-state index contributed by atoms with van der Waals surface area (Å²) in [6, 6.07) is 0. The molecule has 16 heavy (non-hydrogen) atoms. The number of hydrogen-bond acceptors (Lipinski definition) is 1. The van der Waals surface area contributed by atoms with Crippen LogP contribution in [0.3, 0.4) is 0 Å². The Hall–Kier alpha value is 0.878. The van der Waals surface area contributed by atoms with Crippen molar-refractivity contribution >= 4 is 32.6 Å². The van der Waals surface area contributed by atoms with Gasteiger partial charge >= 0.3 is 7.82 Å². The maximum atomic E-state index is 8.88. The summed E-state index contributed by atoms with van der Waals surface area (Å²) in [7, 11) is -4.64. The van der Waals surface area contributed by atoms with Gasteiger partial charge in [0.1, 0.15) is 0 Å². The molecule has 16 heteroatoms. The van der Waals surface area contributed by atoms with Gasteiger partial charge in [0, 0.05) is 21.1 Å². The second-order valence-corrected chi connectivity index (χ2v) is 1.54. The molecule has 0 radical (unpaired) electrons. The van der Waals surface area contributed by atoms with E-state index in [2.05, 4.69) is 0 Å². The van der Waals surface area contributed by atoms with E-state index < -0.39 is 7.82 Å². The largest absolute Gasteiger partial charge is 0.466 e. The Morgan fingerprint density at radius 3 is 0.625 bits per heavy atom. The van der Waals surface area contributed by atoms with E-state index in [9.17, 15) is 0 Å². The van der Waals surface area contributed by atoms with Gasteiger partial charge in [0.2, 0.25) is 0 Å². The van der Waals surface area contributed by atoms with Crippen LogP contribution in [-0.4, -0.2) is 25.6 Å². The zero-order valence-electron chi connectivity index (χ0n) is 6.87. The average Bonchev–Trinajstić information content (AvgIpc) is 0.722. The van der Waals surface area contributed by atoms with Crippen LogP contribution in [0.25, 0.3) is 0 Å². The van der Waals surface area contributed by atoms with Crippen LogP contribution in [0, 0.1) is 0 Å². The summed E-state index contributed by atoms with van der Waals surface area (Å²) in [5.41, 5.74) is 0. The number of hydrogen-bond donors (Lipinski definition) is 3. The van der Waals surface area contributed by atoms with E-state index in [4.69, 9.17) is 19.2 Å². The molecule has 0 aliphatic rings. The third kappa shape index (κ3) is 3710. The minimum absolute atomic E-state index is 0. The maximum Gasteiger partial charge on any atom is 0.466 e. The van der Waals surface area contributed by atoms with Crippen LogP contribution >= 0.6 is 32.6 Å². The minimum atomic E-state index is -4.64. The molecule has 0 rings (SSSR count). The van der Waals surface area contributed by atoms with Crippen molar-refractivity contribution in [3.8, 4) is 0 Å². The molecule has 0 amide bonds. The summed E-state index contributed by atoms with van der Waals surface area (Å²) < 4.78 is 8.88. The topological polar surface area (TPSA) is 141 Å². The molecule has 7 N–H and O–H groups in total. The first-order valence-electron chi connectivity index (χ1n) is 0.783. The average molecular weight is 423 g/mol. The number of rotatable bonds is 0. The molecule has 6 nitrogen and oxygen atoms in total. The van der Waals surface area contributed by atoms with Crippen molar-refractivity contribution in [3.63, 3.8) is 0 Å². The van der Waals surface area contributed by atoms with Gasteiger partial charge in [-0.3, -0.25) is 28.2 Å². The van der Waals surface area contributed by atoms with Crippen LogP contribution in [0.4, 0.5) is 28.2 Å². The minimum Gasteiger partial charge on any atom is -0.412 e. The molecule has 0 aromatic carbocycles. The molecule has 0 bridgehead atoms. The van der Waals surface area contributed by atoms with E-state index >= 15 is 0 Å². The Labute approximate surface area is 112 Å². The molecular weight excluding hydrogens is 408 g/mol. The second kappa shape index (κ2) is 74.3. The molecule has 0 aromatic heterocycles. The molecule has 0 spiro atoms. The Morgan fingerprint density at radius 2 is 0.625 bits per heavy atom. The van der Waals surface area contributed by atoms with Crippen LogP contribution in [0.2, 0.25) is 0 Å². The smallest absolute Gasteiger partial charge is 0.412 e. The van der Waals surface area contributed by atoms with Crippen LogP contribution in [0.1, 0.15) is 0 Å². The summed E-state index contributed by atoms with van der Waals surface area (Å²) in [5.74, 6) is 0. The number of halogens is 8. The normalized spacial score (nSPS) is 3.69. The first-order valence-corrected chi connectivity index (χ1v) is 2.35. The van der Waals surface area contributed by atoms with E-state index in [1.807, 2.05) is 0 Å². The van der Waals surface area contributed by atoms with E-state index in [1.54, 1.807) is 0 Å². The van der Waals surface area contributed by atoms with Gasteiger partial charge in [0.15, 0.2) is 0 Å². The fraction of sp³-hybridized carbons (Fsp3) is 0. The quantitative estimate of drug-likeness (QED) is 0.266. The Morgan fingerprint density at radius 1 is 0.625 bits per heavy atom. The molecule has 118 valence electrons. The zero-order chi connectivity index (χ0) is 4.50. The van der Waals surface area contributed by atoms with E-state index in [1.165, 1.54) is 0 Å². The van der Waals surface area contributed by atoms with Gasteiger partial charge in [-0.2, -0.15) is 0 Å². The molecule has 0 aliphatic carbocycles. The SMILES string of the molecule is Cl.Cl.F.F.F.F.F.F.O.O.O=P(O)(O)O.[Mo]. The van der Waals surface area contributed by atoms with Crippen LogP contribution < -0.4 is 0 Å². The predicted octanol–water partition coefficient (Wildman–Crippen LogP) is -0.822. The van der Waals surface area contributed by atoms with Gasteiger partial charge in [-0.15, -0.1) is 24.8 Å². The summed E-state index contributed by atoms with van der Waals surface area (Å²) in [6.07, 6.45) is 0. The zero-order valence-corrected chi connectivity index (χ0v) is 11.4. The molecule has 0 aliphatic heterocycles. The molecule has 0 saturated carbocycles. The Bertz CT molecular complexity index is 77.2. The summed E-state index contributed by atoms with van der Waals surface area (Å²) in [5, 5.41) is 0. The maximum absolute atomic E-state index is 8.88. The van der Waals surface area contributed by atoms with Crippen molar-refractivity contribution < 1.29 is 79.5 Å². The molecule has 0 saturated heterocycles. The summed E-state index contributed by atoms with van der Waals surface area (Å²) in [6.45, 7) is 0. The molecule has 0 unspecified atom stereocenters. The van der Waals surface area contributed by atoms with Crippen molar-refractivity contribution in [1.82, 2.24) is 0 Å². The number of phosphoric acid groups is 1. The molecule has 0 heterocycles. The van der Waals surface area contributed by atoms with Crippen molar-refractivity contribution in [2.24, 2.45) is 0 Å². The third-order valence-corrected chi connectivity index (χ3v) is 0. The van der Waals surface area contributed by atoms with E-state index in [0.29, 0.717) is 0 Å².